The highest BCUT2D eigenvalue weighted by Gasteiger charge is 2.09. The van der Waals surface area contributed by atoms with Crippen LogP contribution in [0.4, 0.5) is 5.69 Å². The van der Waals surface area contributed by atoms with Gasteiger partial charge >= 0.3 is 0 Å². The van der Waals surface area contributed by atoms with E-state index in [1.54, 1.807) is 18.2 Å². The fourth-order valence-electron chi connectivity index (χ4n) is 1.96. The Kier molecular flexibility index (Phi) is 5.79. The van der Waals surface area contributed by atoms with Gasteiger partial charge in [0, 0.05) is 16.6 Å². The molecule has 122 valence electrons. The van der Waals surface area contributed by atoms with Crippen LogP contribution in [0.15, 0.2) is 58.3 Å². The van der Waals surface area contributed by atoms with Crippen molar-refractivity contribution in [1.82, 2.24) is 4.98 Å². The van der Waals surface area contributed by atoms with Crippen molar-refractivity contribution in [2.45, 2.75) is 4.34 Å². The maximum absolute atomic E-state index is 12.0. The lowest BCUT2D eigenvalue weighted by molar-refractivity contribution is -0.113. The first-order chi connectivity index (χ1) is 11.6. The largest absolute Gasteiger partial charge is 0.325 e. The topological polar surface area (TPSA) is 42.0 Å². The first-order valence-electron chi connectivity index (χ1n) is 7.00. The van der Waals surface area contributed by atoms with Gasteiger partial charge in [0.15, 0.2) is 4.34 Å². The molecule has 1 heterocycles. The van der Waals surface area contributed by atoms with Crippen LogP contribution in [0.1, 0.15) is 0 Å². The normalized spacial score (nSPS) is 10.6. The number of anilines is 1. The van der Waals surface area contributed by atoms with E-state index in [1.807, 2.05) is 35.7 Å². The van der Waals surface area contributed by atoms with Crippen LogP contribution in [0.3, 0.4) is 0 Å². The number of nitrogens with one attached hydrogen (secondary N) is 1. The van der Waals surface area contributed by atoms with Gasteiger partial charge in [-0.3, -0.25) is 4.79 Å². The minimum absolute atomic E-state index is 0.116. The van der Waals surface area contributed by atoms with Crippen LogP contribution in [0.2, 0.25) is 10.0 Å². The monoisotopic (exact) mass is 394 g/mol. The standard InChI is InChI=1S/C17H12Cl2N2OS2/c18-13-7-6-12(8-14(13)19)20-16(22)10-24-17-21-15(9-23-17)11-4-2-1-3-5-11/h1-9H,10H2,(H,20,22). The van der Waals surface area contributed by atoms with Crippen molar-refractivity contribution in [3.8, 4) is 11.3 Å². The number of benzene rings is 2. The molecular weight excluding hydrogens is 383 g/mol. The van der Waals surface area contributed by atoms with Crippen LogP contribution in [-0.4, -0.2) is 16.6 Å². The number of amides is 1. The Labute approximate surface area is 158 Å². The molecule has 0 radical (unpaired) electrons. The van der Waals surface area contributed by atoms with Gasteiger partial charge in [-0.15, -0.1) is 11.3 Å². The molecular formula is C17H12Cl2N2OS2. The number of hydrogen-bond acceptors (Lipinski definition) is 4. The predicted molar refractivity (Wildman–Crippen MR) is 103 cm³/mol. The van der Waals surface area contributed by atoms with Crippen molar-refractivity contribution in [3.05, 3.63) is 64.0 Å². The number of rotatable bonds is 5. The van der Waals surface area contributed by atoms with Crippen molar-refractivity contribution in [2.24, 2.45) is 0 Å². The Morgan fingerprint density at radius 1 is 1.12 bits per heavy atom. The Morgan fingerprint density at radius 3 is 2.67 bits per heavy atom. The van der Waals surface area contributed by atoms with Crippen LogP contribution in [0.25, 0.3) is 11.3 Å². The summed E-state index contributed by atoms with van der Waals surface area (Å²) in [6.45, 7) is 0. The van der Waals surface area contributed by atoms with E-state index < -0.39 is 0 Å². The van der Waals surface area contributed by atoms with E-state index in [2.05, 4.69) is 10.3 Å². The summed E-state index contributed by atoms with van der Waals surface area (Å²) in [5.74, 6) is 0.164. The fourth-order valence-corrected chi connectivity index (χ4v) is 3.90. The van der Waals surface area contributed by atoms with E-state index in [0.717, 1.165) is 15.6 Å². The van der Waals surface area contributed by atoms with Gasteiger partial charge in [0.25, 0.3) is 0 Å². The first-order valence-corrected chi connectivity index (χ1v) is 9.62. The average Bonchev–Trinajstić information content (AvgIpc) is 3.06. The van der Waals surface area contributed by atoms with Crippen molar-refractivity contribution in [1.29, 1.82) is 0 Å². The summed E-state index contributed by atoms with van der Waals surface area (Å²) in [5.41, 5.74) is 2.62. The molecule has 7 heteroatoms. The van der Waals surface area contributed by atoms with Crippen molar-refractivity contribution < 1.29 is 4.79 Å². The lowest BCUT2D eigenvalue weighted by Crippen LogP contribution is -2.13. The zero-order valence-electron chi connectivity index (χ0n) is 12.3. The molecule has 3 aromatic rings. The minimum Gasteiger partial charge on any atom is -0.325 e. The van der Waals surface area contributed by atoms with Crippen LogP contribution >= 0.6 is 46.3 Å². The molecule has 0 saturated heterocycles. The second kappa shape index (κ2) is 8.03. The SMILES string of the molecule is O=C(CSc1nc(-c2ccccc2)cs1)Nc1ccc(Cl)c(Cl)c1. The second-order valence-electron chi connectivity index (χ2n) is 4.83. The molecule has 1 amide bonds. The molecule has 3 rings (SSSR count). The van der Waals surface area contributed by atoms with Crippen molar-refractivity contribution >= 4 is 57.9 Å². The van der Waals surface area contributed by atoms with Crippen molar-refractivity contribution in [2.75, 3.05) is 11.1 Å². The molecule has 0 aliphatic rings. The zero-order chi connectivity index (χ0) is 16.9. The third-order valence-electron chi connectivity index (χ3n) is 3.08. The van der Waals surface area contributed by atoms with E-state index in [1.165, 1.54) is 23.1 Å². The Balaban J connectivity index is 1.56. The summed E-state index contributed by atoms with van der Waals surface area (Å²) in [6.07, 6.45) is 0. The molecule has 1 N–H and O–H groups in total. The average molecular weight is 395 g/mol. The first kappa shape index (κ1) is 17.3. The number of nitrogens with zero attached hydrogens (tertiary/aromatic N) is 1. The Morgan fingerprint density at radius 2 is 1.92 bits per heavy atom. The minimum atomic E-state index is -0.116. The molecule has 0 unspecified atom stereocenters. The number of hydrogen-bond donors (Lipinski definition) is 1. The van der Waals surface area contributed by atoms with Crippen molar-refractivity contribution in [3.63, 3.8) is 0 Å². The molecule has 3 nitrogen and oxygen atoms in total. The van der Waals surface area contributed by atoms with Gasteiger partial charge < -0.3 is 5.32 Å². The van der Waals surface area contributed by atoms with E-state index in [-0.39, 0.29) is 11.7 Å². The quantitative estimate of drug-likeness (QED) is 0.551. The number of thiazole rings is 1. The summed E-state index contributed by atoms with van der Waals surface area (Å²) >= 11 is 14.7. The van der Waals surface area contributed by atoms with E-state index in [9.17, 15) is 4.79 Å². The molecule has 24 heavy (non-hydrogen) atoms. The van der Waals surface area contributed by atoms with Gasteiger partial charge in [0.1, 0.15) is 0 Å². The van der Waals surface area contributed by atoms with Gasteiger partial charge in [-0.1, -0.05) is 65.3 Å². The fraction of sp³-hybridized carbons (Fsp3) is 0.0588. The molecule has 0 saturated carbocycles. The van der Waals surface area contributed by atoms with Crippen LogP contribution in [0.5, 0.6) is 0 Å². The van der Waals surface area contributed by atoms with Gasteiger partial charge in [0.2, 0.25) is 5.91 Å². The highest BCUT2D eigenvalue weighted by Crippen LogP contribution is 2.29. The number of aromatic nitrogens is 1. The van der Waals surface area contributed by atoms with Crippen LogP contribution in [0, 0.1) is 0 Å². The summed E-state index contributed by atoms with van der Waals surface area (Å²) in [6, 6.07) is 15.0. The predicted octanol–water partition coefficient (Wildman–Crippen LogP) is 5.85. The Bertz CT molecular complexity index is 853. The lowest BCUT2D eigenvalue weighted by Gasteiger charge is -2.05. The Hall–Kier alpha value is -1.53. The maximum Gasteiger partial charge on any atom is 0.234 e. The van der Waals surface area contributed by atoms with Crippen LogP contribution < -0.4 is 5.32 Å². The summed E-state index contributed by atoms with van der Waals surface area (Å²) in [5, 5.41) is 5.66. The highest BCUT2D eigenvalue weighted by molar-refractivity contribution is 8.01. The molecule has 0 atom stereocenters. The molecule has 0 aliphatic carbocycles. The zero-order valence-corrected chi connectivity index (χ0v) is 15.5. The van der Waals surface area contributed by atoms with Gasteiger partial charge in [-0.05, 0) is 18.2 Å². The number of halogens is 2. The smallest absolute Gasteiger partial charge is 0.234 e. The van der Waals surface area contributed by atoms with E-state index >= 15 is 0 Å². The van der Waals surface area contributed by atoms with Crippen LogP contribution in [-0.2, 0) is 4.79 Å². The van der Waals surface area contributed by atoms with Gasteiger partial charge in [-0.25, -0.2) is 4.98 Å². The highest BCUT2D eigenvalue weighted by atomic mass is 35.5. The molecule has 1 aromatic heterocycles. The van der Waals surface area contributed by atoms with E-state index in [4.69, 9.17) is 23.2 Å². The van der Waals surface area contributed by atoms with Gasteiger partial charge in [0.05, 0.1) is 21.5 Å². The summed E-state index contributed by atoms with van der Waals surface area (Å²) in [4.78, 5) is 16.6. The number of carbonyl (C=O) groups excluding carboxylic acids is 1. The third kappa shape index (κ3) is 4.51. The molecule has 0 bridgehead atoms. The second-order valence-corrected chi connectivity index (χ2v) is 7.73. The molecule has 0 spiro atoms. The molecule has 0 aliphatic heterocycles. The lowest BCUT2D eigenvalue weighted by atomic mass is 10.2. The number of thioether (sulfide) groups is 1. The molecule has 2 aromatic carbocycles. The van der Waals surface area contributed by atoms with E-state index in [0.29, 0.717) is 15.7 Å². The molecule has 0 fully saturated rings. The third-order valence-corrected chi connectivity index (χ3v) is 5.84. The summed E-state index contributed by atoms with van der Waals surface area (Å²) in [7, 11) is 0. The number of carbonyl (C=O) groups is 1. The maximum atomic E-state index is 12.0. The summed E-state index contributed by atoms with van der Waals surface area (Å²) < 4.78 is 0.859. The van der Waals surface area contributed by atoms with Gasteiger partial charge in [-0.2, -0.15) is 0 Å².